The Balaban J connectivity index is 3.23. The Morgan fingerprint density at radius 2 is 2.00 bits per heavy atom. The van der Waals surface area contributed by atoms with Gasteiger partial charge in [-0.2, -0.15) is 0 Å². The minimum atomic E-state index is -2.67. The standard InChI is InChI=1S/C7H9F2N3/c1-3-2-4(10)5(6(8)9)12-7(3)11/h2,6H,10H2,1H3,(H2,11,12). The van der Waals surface area contributed by atoms with E-state index in [-0.39, 0.29) is 11.5 Å². The zero-order valence-corrected chi connectivity index (χ0v) is 6.51. The van der Waals surface area contributed by atoms with E-state index in [1.165, 1.54) is 6.07 Å². The smallest absolute Gasteiger partial charge is 0.282 e. The summed E-state index contributed by atoms with van der Waals surface area (Å²) in [5.41, 5.74) is 10.8. The van der Waals surface area contributed by atoms with Gasteiger partial charge in [0.25, 0.3) is 6.43 Å². The van der Waals surface area contributed by atoms with Crippen molar-refractivity contribution in [2.24, 2.45) is 0 Å². The van der Waals surface area contributed by atoms with Gasteiger partial charge in [-0.15, -0.1) is 0 Å². The van der Waals surface area contributed by atoms with E-state index >= 15 is 0 Å². The van der Waals surface area contributed by atoms with Crippen LogP contribution < -0.4 is 11.5 Å². The van der Waals surface area contributed by atoms with Gasteiger partial charge >= 0.3 is 0 Å². The molecule has 0 spiro atoms. The molecule has 0 saturated heterocycles. The zero-order chi connectivity index (χ0) is 9.30. The molecule has 0 bridgehead atoms. The molecule has 3 nitrogen and oxygen atoms in total. The van der Waals surface area contributed by atoms with E-state index < -0.39 is 12.1 Å². The van der Waals surface area contributed by atoms with Gasteiger partial charge in [0.05, 0.1) is 5.69 Å². The van der Waals surface area contributed by atoms with Gasteiger partial charge in [-0.3, -0.25) is 0 Å². The molecular formula is C7H9F2N3. The van der Waals surface area contributed by atoms with Gasteiger partial charge in [0.15, 0.2) is 0 Å². The van der Waals surface area contributed by atoms with Crippen LogP contribution in [0.2, 0.25) is 0 Å². The molecule has 0 aliphatic heterocycles. The van der Waals surface area contributed by atoms with E-state index in [0.29, 0.717) is 5.56 Å². The lowest BCUT2D eigenvalue weighted by atomic mass is 10.2. The SMILES string of the molecule is Cc1cc(N)c(C(F)F)nc1N. The summed E-state index contributed by atoms with van der Waals surface area (Å²) in [6.45, 7) is 1.66. The van der Waals surface area contributed by atoms with Crippen LogP contribution >= 0.6 is 0 Å². The molecule has 0 aliphatic rings. The molecule has 0 radical (unpaired) electrons. The molecule has 12 heavy (non-hydrogen) atoms. The Kier molecular flexibility index (Phi) is 2.12. The highest BCUT2D eigenvalue weighted by Crippen LogP contribution is 2.25. The van der Waals surface area contributed by atoms with Crippen molar-refractivity contribution in [1.29, 1.82) is 0 Å². The number of hydrogen-bond donors (Lipinski definition) is 2. The van der Waals surface area contributed by atoms with Crippen LogP contribution in [-0.2, 0) is 0 Å². The van der Waals surface area contributed by atoms with Gasteiger partial charge < -0.3 is 11.5 Å². The molecule has 66 valence electrons. The van der Waals surface area contributed by atoms with Crippen molar-refractivity contribution < 1.29 is 8.78 Å². The highest BCUT2D eigenvalue weighted by atomic mass is 19.3. The molecule has 0 saturated carbocycles. The first-order chi connectivity index (χ1) is 5.52. The van der Waals surface area contributed by atoms with Crippen LogP contribution in [0.25, 0.3) is 0 Å². The first-order valence-corrected chi connectivity index (χ1v) is 3.33. The molecule has 0 aliphatic carbocycles. The minimum Gasteiger partial charge on any atom is -0.397 e. The predicted octanol–water partition coefficient (Wildman–Crippen LogP) is 1.49. The van der Waals surface area contributed by atoms with Gasteiger partial charge in [0, 0.05) is 0 Å². The van der Waals surface area contributed by atoms with Gasteiger partial charge in [-0.1, -0.05) is 0 Å². The molecule has 1 heterocycles. The fourth-order valence-corrected chi connectivity index (χ4v) is 0.838. The van der Waals surface area contributed by atoms with Crippen LogP contribution in [0.4, 0.5) is 20.3 Å². The molecule has 0 amide bonds. The number of nitrogens with two attached hydrogens (primary N) is 2. The first kappa shape index (κ1) is 8.70. The van der Waals surface area contributed by atoms with Crippen LogP contribution in [0.15, 0.2) is 6.07 Å². The van der Waals surface area contributed by atoms with Crippen LogP contribution in [0, 0.1) is 6.92 Å². The lowest BCUT2D eigenvalue weighted by molar-refractivity contribution is 0.147. The van der Waals surface area contributed by atoms with Gasteiger partial charge in [0.1, 0.15) is 11.5 Å². The maximum Gasteiger partial charge on any atom is 0.282 e. The van der Waals surface area contributed by atoms with E-state index in [0.717, 1.165) is 0 Å². The third-order valence-corrected chi connectivity index (χ3v) is 1.52. The number of alkyl halides is 2. The fraction of sp³-hybridized carbons (Fsp3) is 0.286. The summed E-state index contributed by atoms with van der Waals surface area (Å²) in [4.78, 5) is 3.47. The second kappa shape index (κ2) is 2.92. The Labute approximate surface area is 68.4 Å². The summed E-state index contributed by atoms with van der Waals surface area (Å²) in [5.74, 6) is 0.0968. The summed E-state index contributed by atoms with van der Waals surface area (Å²) in [6.07, 6.45) is -2.67. The van der Waals surface area contributed by atoms with E-state index in [9.17, 15) is 8.78 Å². The second-order valence-electron chi connectivity index (χ2n) is 2.47. The van der Waals surface area contributed by atoms with Crippen molar-refractivity contribution in [3.05, 3.63) is 17.3 Å². The van der Waals surface area contributed by atoms with Crippen molar-refractivity contribution in [3.8, 4) is 0 Å². The molecule has 0 atom stereocenters. The number of hydrogen-bond acceptors (Lipinski definition) is 3. The van der Waals surface area contributed by atoms with Crippen molar-refractivity contribution in [2.45, 2.75) is 13.3 Å². The monoisotopic (exact) mass is 173 g/mol. The van der Waals surface area contributed by atoms with Crippen LogP contribution in [0.3, 0.4) is 0 Å². The Hall–Kier alpha value is -1.39. The third-order valence-electron chi connectivity index (χ3n) is 1.52. The summed E-state index contributed by atoms with van der Waals surface area (Å²) in [7, 11) is 0. The number of halogens is 2. The fourth-order valence-electron chi connectivity index (χ4n) is 0.838. The highest BCUT2D eigenvalue weighted by Gasteiger charge is 2.14. The average molecular weight is 173 g/mol. The van der Waals surface area contributed by atoms with Gasteiger partial charge in [0.2, 0.25) is 0 Å². The molecule has 5 heteroatoms. The molecule has 0 fully saturated rings. The zero-order valence-electron chi connectivity index (χ0n) is 6.51. The second-order valence-corrected chi connectivity index (χ2v) is 2.47. The molecule has 1 rings (SSSR count). The number of pyridine rings is 1. The Morgan fingerprint density at radius 3 is 2.50 bits per heavy atom. The number of nitrogens with zero attached hydrogens (tertiary/aromatic N) is 1. The molecule has 0 unspecified atom stereocenters. The van der Waals surface area contributed by atoms with Crippen molar-refractivity contribution >= 4 is 11.5 Å². The first-order valence-electron chi connectivity index (χ1n) is 3.33. The molecular weight excluding hydrogens is 164 g/mol. The van der Waals surface area contributed by atoms with E-state index in [1.807, 2.05) is 0 Å². The summed E-state index contributed by atoms with van der Waals surface area (Å²) in [5, 5.41) is 0. The minimum absolute atomic E-state index is 0.0169. The van der Waals surface area contributed by atoms with Crippen LogP contribution in [-0.4, -0.2) is 4.98 Å². The largest absolute Gasteiger partial charge is 0.397 e. The average Bonchev–Trinajstić information content (AvgIpc) is 1.96. The molecule has 1 aromatic heterocycles. The van der Waals surface area contributed by atoms with Crippen LogP contribution in [0.5, 0.6) is 0 Å². The molecule has 0 aromatic carbocycles. The number of nitrogen functional groups attached to an aromatic ring is 2. The number of aryl methyl sites for hydroxylation is 1. The van der Waals surface area contributed by atoms with Crippen molar-refractivity contribution in [3.63, 3.8) is 0 Å². The lowest BCUT2D eigenvalue weighted by Gasteiger charge is -2.06. The Bertz CT molecular complexity index is 299. The third kappa shape index (κ3) is 1.44. The summed E-state index contributed by atoms with van der Waals surface area (Å²) in [6, 6.07) is 1.39. The maximum absolute atomic E-state index is 12.1. The quantitative estimate of drug-likeness (QED) is 0.676. The Morgan fingerprint density at radius 1 is 1.42 bits per heavy atom. The highest BCUT2D eigenvalue weighted by molar-refractivity contribution is 5.53. The number of aromatic nitrogens is 1. The predicted molar refractivity (Wildman–Crippen MR) is 42.8 cm³/mol. The number of anilines is 2. The maximum atomic E-state index is 12.1. The topological polar surface area (TPSA) is 64.9 Å². The van der Waals surface area contributed by atoms with Crippen LogP contribution in [0.1, 0.15) is 17.7 Å². The lowest BCUT2D eigenvalue weighted by Crippen LogP contribution is -2.03. The normalized spacial score (nSPS) is 10.7. The summed E-state index contributed by atoms with van der Waals surface area (Å²) >= 11 is 0. The number of rotatable bonds is 1. The van der Waals surface area contributed by atoms with Gasteiger partial charge in [-0.05, 0) is 18.6 Å². The van der Waals surface area contributed by atoms with E-state index in [4.69, 9.17) is 11.5 Å². The van der Waals surface area contributed by atoms with Crippen molar-refractivity contribution in [2.75, 3.05) is 11.5 Å². The molecule has 4 N–H and O–H groups in total. The van der Waals surface area contributed by atoms with Crippen molar-refractivity contribution in [1.82, 2.24) is 4.98 Å². The van der Waals surface area contributed by atoms with Gasteiger partial charge in [-0.25, -0.2) is 13.8 Å². The molecule has 1 aromatic rings. The summed E-state index contributed by atoms with van der Waals surface area (Å²) < 4.78 is 24.3. The van der Waals surface area contributed by atoms with E-state index in [2.05, 4.69) is 4.98 Å². The van der Waals surface area contributed by atoms with E-state index in [1.54, 1.807) is 6.92 Å².